The first-order chi connectivity index (χ1) is 17.9. The number of carboxylic acids is 1. The van der Waals surface area contributed by atoms with Crippen molar-refractivity contribution in [1.82, 2.24) is 19.7 Å². The van der Waals surface area contributed by atoms with Gasteiger partial charge in [-0.3, -0.25) is 9.69 Å². The van der Waals surface area contributed by atoms with E-state index >= 15 is 0 Å². The Hall–Kier alpha value is -3.19. The predicted octanol–water partition coefficient (Wildman–Crippen LogP) is 5.10. The van der Waals surface area contributed by atoms with E-state index in [1.54, 1.807) is 0 Å². The first-order valence-corrected chi connectivity index (χ1v) is 13.7. The van der Waals surface area contributed by atoms with Gasteiger partial charge in [-0.1, -0.05) is 18.2 Å². The Morgan fingerprint density at radius 3 is 2.78 bits per heavy atom. The van der Waals surface area contributed by atoms with Crippen molar-refractivity contribution in [3.63, 3.8) is 0 Å². The number of rotatable bonds is 8. The Kier molecular flexibility index (Phi) is 6.27. The number of aromatic nitrogens is 3. The standard InChI is InChI=1S/C30H37N5O2/c1-20-13-21(2)35(33-20)26-7-3-5-24(14-26)27(15-28(36)37)34-18-30(19-34)16-22(17-30)8-10-25-11-9-23-6-4-12-31-29(23)32-25/h3,5,7,9,11,13-14,22,27H,4,6,8,10,12,15-19H2,1-2H3,(H,31,32)(H,36,37). The van der Waals surface area contributed by atoms with Crippen molar-refractivity contribution in [2.24, 2.45) is 11.3 Å². The first kappa shape index (κ1) is 24.2. The van der Waals surface area contributed by atoms with Crippen LogP contribution in [0.5, 0.6) is 0 Å². The minimum absolute atomic E-state index is 0.105. The molecule has 1 aromatic carbocycles. The van der Waals surface area contributed by atoms with E-state index in [0.29, 0.717) is 5.41 Å². The lowest BCUT2D eigenvalue weighted by Gasteiger charge is -2.61. The molecule has 2 aromatic heterocycles. The molecule has 1 atom stereocenters. The average Bonchev–Trinajstić information content (AvgIpc) is 3.18. The highest BCUT2D eigenvalue weighted by Crippen LogP contribution is 2.55. The number of aryl methyl sites for hydroxylation is 4. The third-order valence-electron chi connectivity index (χ3n) is 8.60. The second kappa shape index (κ2) is 9.60. The molecule has 0 radical (unpaired) electrons. The summed E-state index contributed by atoms with van der Waals surface area (Å²) in [4.78, 5) is 19.0. The molecule has 1 saturated heterocycles. The van der Waals surface area contributed by atoms with E-state index in [-0.39, 0.29) is 12.5 Å². The number of carboxylic acid groups (broad SMARTS) is 1. The SMILES string of the molecule is Cc1cc(C)n(-c2cccc(C(CC(=O)O)N3CC4(CC(CCc5ccc6c(n5)NCCC6)C4)C3)c2)n1. The van der Waals surface area contributed by atoms with Gasteiger partial charge in [0.1, 0.15) is 5.82 Å². The number of pyridine rings is 1. The normalized spacial score (nSPS) is 19.5. The fraction of sp³-hybridized carbons (Fsp3) is 0.500. The molecule has 194 valence electrons. The molecule has 2 N–H and O–H groups in total. The number of benzene rings is 1. The smallest absolute Gasteiger partial charge is 0.305 e. The van der Waals surface area contributed by atoms with Gasteiger partial charge in [0.2, 0.25) is 0 Å². The lowest BCUT2D eigenvalue weighted by molar-refractivity contribution is -0.145. The van der Waals surface area contributed by atoms with Crippen LogP contribution in [0.4, 0.5) is 5.82 Å². The largest absolute Gasteiger partial charge is 0.481 e. The molecule has 7 heteroatoms. The maximum Gasteiger partial charge on any atom is 0.305 e. The third kappa shape index (κ3) is 4.89. The monoisotopic (exact) mass is 499 g/mol. The van der Waals surface area contributed by atoms with Crippen LogP contribution in [0, 0.1) is 25.2 Å². The van der Waals surface area contributed by atoms with E-state index < -0.39 is 5.97 Å². The second-order valence-corrected chi connectivity index (χ2v) is 11.6. The van der Waals surface area contributed by atoms with Gasteiger partial charge < -0.3 is 10.4 Å². The van der Waals surface area contributed by atoms with Crippen LogP contribution < -0.4 is 5.32 Å². The Balaban J connectivity index is 1.07. The highest BCUT2D eigenvalue weighted by Gasteiger charge is 2.53. The molecule has 0 amide bonds. The molecule has 1 unspecified atom stereocenters. The Labute approximate surface area is 218 Å². The van der Waals surface area contributed by atoms with E-state index in [4.69, 9.17) is 4.98 Å². The van der Waals surface area contributed by atoms with Gasteiger partial charge in [-0.05, 0) is 99.1 Å². The highest BCUT2D eigenvalue weighted by molar-refractivity contribution is 5.68. The molecule has 1 aliphatic carbocycles. The number of anilines is 1. The zero-order valence-corrected chi connectivity index (χ0v) is 21.9. The molecule has 3 aromatic rings. The number of nitrogens with one attached hydrogen (secondary N) is 1. The molecule has 3 aliphatic rings. The van der Waals surface area contributed by atoms with Crippen molar-refractivity contribution in [3.8, 4) is 5.69 Å². The van der Waals surface area contributed by atoms with E-state index in [1.165, 1.54) is 36.9 Å². The lowest BCUT2D eigenvalue weighted by Crippen LogP contribution is -2.63. The summed E-state index contributed by atoms with van der Waals surface area (Å²) < 4.78 is 1.94. The van der Waals surface area contributed by atoms with Gasteiger partial charge in [0.15, 0.2) is 0 Å². The Bertz CT molecular complexity index is 1300. The predicted molar refractivity (Wildman–Crippen MR) is 144 cm³/mol. The topological polar surface area (TPSA) is 83.3 Å². The van der Waals surface area contributed by atoms with Crippen molar-refractivity contribution in [3.05, 3.63) is 70.7 Å². The second-order valence-electron chi connectivity index (χ2n) is 11.6. The average molecular weight is 500 g/mol. The Morgan fingerprint density at radius 1 is 1.19 bits per heavy atom. The van der Waals surface area contributed by atoms with Crippen LogP contribution in [0.3, 0.4) is 0 Å². The molecule has 0 bridgehead atoms. The van der Waals surface area contributed by atoms with E-state index in [0.717, 1.165) is 66.9 Å². The number of likely N-dealkylation sites (tertiary alicyclic amines) is 1. The number of nitrogens with zero attached hydrogens (tertiary/aromatic N) is 4. The van der Waals surface area contributed by atoms with Crippen LogP contribution in [0.15, 0.2) is 42.5 Å². The van der Waals surface area contributed by atoms with E-state index in [2.05, 4.69) is 45.6 Å². The lowest BCUT2D eigenvalue weighted by atomic mass is 9.56. The first-order valence-electron chi connectivity index (χ1n) is 13.7. The zero-order valence-electron chi connectivity index (χ0n) is 21.9. The maximum atomic E-state index is 11.8. The van der Waals surface area contributed by atoms with Gasteiger partial charge in [0.25, 0.3) is 0 Å². The highest BCUT2D eigenvalue weighted by atomic mass is 16.4. The van der Waals surface area contributed by atoms with Gasteiger partial charge in [-0.25, -0.2) is 9.67 Å². The van der Waals surface area contributed by atoms with Crippen LogP contribution in [0.2, 0.25) is 0 Å². The van der Waals surface area contributed by atoms with Crippen molar-refractivity contribution < 1.29 is 9.90 Å². The molecular formula is C30H37N5O2. The van der Waals surface area contributed by atoms with Crippen molar-refractivity contribution in [1.29, 1.82) is 0 Å². The summed E-state index contributed by atoms with van der Waals surface area (Å²) in [6.07, 6.45) is 7.18. The molecule has 1 spiro atoms. The van der Waals surface area contributed by atoms with Gasteiger partial charge in [-0.15, -0.1) is 0 Å². The van der Waals surface area contributed by atoms with Crippen molar-refractivity contribution in [2.75, 3.05) is 25.0 Å². The fourth-order valence-corrected chi connectivity index (χ4v) is 6.90. The summed E-state index contributed by atoms with van der Waals surface area (Å²) in [7, 11) is 0. The summed E-state index contributed by atoms with van der Waals surface area (Å²) in [5.74, 6) is 1.09. The van der Waals surface area contributed by atoms with Gasteiger partial charge in [0.05, 0.1) is 17.8 Å². The fourth-order valence-electron chi connectivity index (χ4n) is 6.90. The molecule has 37 heavy (non-hydrogen) atoms. The minimum Gasteiger partial charge on any atom is -0.481 e. The molecule has 6 rings (SSSR count). The summed E-state index contributed by atoms with van der Waals surface area (Å²) in [6, 6.07) is 14.7. The van der Waals surface area contributed by atoms with Crippen LogP contribution >= 0.6 is 0 Å². The third-order valence-corrected chi connectivity index (χ3v) is 8.60. The van der Waals surface area contributed by atoms with Crippen LogP contribution in [-0.2, 0) is 17.6 Å². The molecular weight excluding hydrogens is 462 g/mol. The van der Waals surface area contributed by atoms with Gasteiger partial charge >= 0.3 is 5.97 Å². The van der Waals surface area contributed by atoms with Crippen LogP contribution in [-0.4, -0.2) is 50.4 Å². The van der Waals surface area contributed by atoms with E-state index in [9.17, 15) is 9.90 Å². The van der Waals surface area contributed by atoms with Crippen LogP contribution in [0.25, 0.3) is 5.69 Å². The summed E-state index contributed by atoms with van der Waals surface area (Å²) in [6.45, 7) is 7.05. The summed E-state index contributed by atoms with van der Waals surface area (Å²) >= 11 is 0. The quantitative estimate of drug-likeness (QED) is 0.449. The van der Waals surface area contributed by atoms with Gasteiger partial charge in [-0.2, -0.15) is 5.10 Å². The van der Waals surface area contributed by atoms with Crippen molar-refractivity contribution >= 4 is 11.8 Å². The summed E-state index contributed by atoms with van der Waals surface area (Å²) in [5.41, 5.74) is 7.04. The molecule has 4 heterocycles. The number of aliphatic carboxylic acids is 1. The molecule has 1 saturated carbocycles. The van der Waals surface area contributed by atoms with Gasteiger partial charge in [0, 0.05) is 37.1 Å². The minimum atomic E-state index is -0.749. The van der Waals surface area contributed by atoms with Crippen LogP contribution in [0.1, 0.15) is 66.4 Å². The number of carbonyl (C=O) groups is 1. The molecule has 2 fully saturated rings. The Morgan fingerprint density at radius 2 is 2.03 bits per heavy atom. The molecule has 7 nitrogen and oxygen atoms in total. The van der Waals surface area contributed by atoms with E-state index in [1.807, 2.05) is 30.7 Å². The number of fused-ring (bicyclic) bond motifs is 1. The summed E-state index contributed by atoms with van der Waals surface area (Å²) in [5, 5.41) is 17.7. The zero-order chi connectivity index (χ0) is 25.6. The number of hydrogen-bond acceptors (Lipinski definition) is 5. The van der Waals surface area contributed by atoms with Crippen molar-refractivity contribution in [2.45, 2.75) is 64.8 Å². The maximum absolute atomic E-state index is 11.8. The molecule has 2 aliphatic heterocycles. The number of hydrogen-bond donors (Lipinski definition) is 2.